The molecule has 1 N–H and O–H groups in total. The maximum Gasteiger partial charge on any atom is 0.178 e. The van der Waals surface area contributed by atoms with Gasteiger partial charge in [0.2, 0.25) is 0 Å². The van der Waals surface area contributed by atoms with Gasteiger partial charge in [0.05, 0.1) is 18.2 Å². The molecule has 0 bridgehead atoms. The number of hydrogen-bond acceptors (Lipinski definition) is 2. The summed E-state index contributed by atoms with van der Waals surface area (Å²) in [7, 11) is 0. The number of nitrogens with one attached hydrogen (secondary N) is 1. The number of imidazole rings is 1. The van der Waals surface area contributed by atoms with E-state index in [0.29, 0.717) is 11.3 Å². The van der Waals surface area contributed by atoms with Gasteiger partial charge in [-0.15, -0.1) is 0 Å². The van der Waals surface area contributed by atoms with E-state index in [0.717, 1.165) is 21.3 Å². The number of aromatic nitrogens is 2. The van der Waals surface area contributed by atoms with Gasteiger partial charge in [-0.3, -0.25) is 0 Å². The van der Waals surface area contributed by atoms with Gasteiger partial charge in [-0.1, -0.05) is 28.6 Å². The first-order valence-electron chi connectivity index (χ1n) is 5.70. The summed E-state index contributed by atoms with van der Waals surface area (Å²) in [5.41, 5.74) is 1.96. The van der Waals surface area contributed by atoms with Crippen LogP contribution in [-0.4, -0.2) is 15.7 Å². The van der Waals surface area contributed by atoms with Crippen LogP contribution in [0.4, 0.5) is 0 Å². The van der Waals surface area contributed by atoms with Crippen LogP contribution in [0.1, 0.15) is 13.8 Å². The zero-order valence-electron chi connectivity index (χ0n) is 10.4. The molecular formula is C13H15BrN2OS. The second kappa shape index (κ2) is 5.28. The number of halogens is 1. The lowest BCUT2D eigenvalue weighted by molar-refractivity contribution is 0.245. The van der Waals surface area contributed by atoms with E-state index in [-0.39, 0.29) is 6.10 Å². The van der Waals surface area contributed by atoms with Crippen molar-refractivity contribution < 1.29 is 4.74 Å². The highest BCUT2D eigenvalue weighted by Crippen LogP contribution is 2.26. The topological polar surface area (TPSA) is 29.9 Å². The first kappa shape index (κ1) is 13.4. The summed E-state index contributed by atoms with van der Waals surface area (Å²) in [4.78, 5) is 3.20. The van der Waals surface area contributed by atoms with E-state index in [4.69, 9.17) is 17.0 Å². The maximum absolute atomic E-state index is 5.78. The Morgan fingerprint density at radius 2 is 2.28 bits per heavy atom. The molecule has 1 aromatic heterocycles. The Hall–Kier alpha value is -1.07. The molecule has 0 amide bonds. The van der Waals surface area contributed by atoms with Crippen molar-refractivity contribution in [1.29, 1.82) is 0 Å². The van der Waals surface area contributed by atoms with E-state index in [1.54, 1.807) is 0 Å². The fourth-order valence-electron chi connectivity index (χ4n) is 1.83. The van der Waals surface area contributed by atoms with E-state index in [9.17, 15) is 0 Å². The maximum atomic E-state index is 5.78. The Morgan fingerprint density at radius 1 is 1.56 bits per heavy atom. The molecule has 0 fully saturated rings. The van der Waals surface area contributed by atoms with Gasteiger partial charge < -0.3 is 14.3 Å². The number of rotatable bonds is 4. The summed E-state index contributed by atoms with van der Waals surface area (Å²) < 4.78 is 9.33. The molecule has 0 aliphatic heterocycles. The number of nitrogens with zero attached hydrogens (tertiary/aromatic N) is 1. The van der Waals surface area contributed by atoms with Gasteiger partial charge in [0.25, 0.3) is 0 Å². The summed E-state index contributed by atoms with van der Waals surface area (Å²) in [5.74, 6) is 0.826. The number of ether oxygens (including phenoxy) is 1. The molecule has 18 heavy (non-hydrogen) atoms. The Bertz CT molecular complexity index is 642. The average molecular weight is 327 g/mol. The Morgan fingerprint density at radius 3 is 2.89 bits per heavy atom. The van der Waals surface area contributed by atoms with Gasteiger partial charge in [0.1, 0.15) is 11.3 Å². The van der Waals surface area contributed by atoms with E-state index in [1.807, 2.05) is 36.6 Å². The second-order valence-corrected chi connectivity index (χ2v) is 5.86. The van der Waals surface area contributed by atoms with Crippen molar-refractivity contribution in [2.24, 2.45) is 0 Å². The van der Waals surface area contributed by atoms with Crippen molar-refractivity contribution in [2.45, 2.75) is 26.5 Å². The zero-order chi connectivity index (χ0) is 13.3. The normalized spacial score (nSPS) is 11.1. The standard InChI is InChI=1S/C13H15BrN2OS/c1-8(2)17-11-6-4-5-10-12(11)15-13(18)16(10)7-9(3)14/h4-6,8H,3,7H2,1-2H3,(H,15,18). The molecule has 0 aliphatic rings. The number of hydrogen-bond donors (Lipinski definition) is 1. The molecule has 0 atom stereocenters. The van der Waals surface area contributed by atoms with Crippen molar-refractivity contribution in [3.05, 3.63) is 34.0 Å². The quantitative estimate of drug-likeness (QED) is 0.844. The van der Waals surface area contributed by atoms with E-state index >= 15 is 0 Å². The summed E-state index contributed by atoms with van der Waals surface area (Å²) in [6.07, 6.45) is 0.132. The van der Waals surface area contributed by atoms with Crippen LogP contribution in [0.25, 0.3) is 11.0 Å². The number of allylic oxidation sites excluding steroid dienone is 1. The highest BCUT2D eigenvalue weighted by Gasteiger charge is 2.10. The van der Waals surface area contributed by atoms with Gasteiger partial charge in [-0.05, 0) is 38.2 Å². The van der Waals surface area contributed by atoms with Crippen molar-refractivity contribution in [3.8, 4) is 5.75 Å². The molecule has 2 rings (SSSR count). The first-order chi connectivity index (χ1) is 8.49. The third-order valence-corrected chi connectivity index (χ3v) is 3.04. The lowest BCUT2D eigenvalue weighted by Crippen LogP contribution is -2.05. The molecule has 96 valence electrons. The minimum Gasteiger partial charge on any atom is -0.489 e. The third-order valence-electron chi connectivity index (χ3n) is 2.46. The highest BCUT2D eigenvalue weighted by atomic mass is 79.9. The smallest absolute Gasteiger partial charge is 0.178 e. The van der Waals surface area contributed by atoms with E-state index in [2.05, 4.69) is 27.5 Å². The van der Waals surface area contributed by atoms with Gasteiger partial charge >= 0.3 is 0 Å². The number of H-pyrrole nitrogens is 1. The van der Waals surface area contributed by atoms with Crippen LogP contribution in [0.3, 0.4) is 0 Å². The van der Waals surface area contributed by atoms with Gasteiger partial charge in [0.15, 0.2) is 4.77 Å². The zero-order valence-corrected chi connectivity index (χ0v) is 12.8. The highest BCUT2D eigenvalue weighted by molar-refractivity contribution is 9.11. The monoisotopic (exact) mass is 326 g/mol. The van der Waals surface area contributed by atoms with Gasteiger partial charge in [0, 0.05) is 4.48 Å². The SMILES string of the molecule is C=C(Br)Cn1c(=S)[nH]c2c(OC(C)C)cccc21. The largest absolute Gasteiger partial charge is 0.489 e. The minimum absolute atomic E-state index is 0.132. The summed E-state index contributed by atoms with van der Waals surface area (Å²) >= 11 is 8.70. The van der Waals surface area contributed by atoms with Crippen LogP contribution in [0.5, 0.6) is 5.75 Å². The molecular weight excluding hydrogens is 312 g/mol. The summed E-state index contributed by atoms with van der Waals surface area (Å²) in [6, 6.07) is 5.93. The molecule has 1 aromatic carbocycles. The van der Waals surface area contributed by atoms with Crippen molar-refractivity contribution in [1.82, 2.24) is 9.55 Å². The lowest BCUT2D eigenvalue weighted by atomic mass is 10.3. The molecule has 0 radical (unpaired) electrons. The molecule has 0 saturated carbocycles. The van der Waals surface area contributed by atoms with Crippen LogP contribution in [-0.2, 0) is 6.54 Å². The lowest BCUT2D eigenvalue weighted by Gasteiger charge is -2.10. The molecule has 5 heteroatoms. The number of benzene rings is 1. The van der Waals surface area contributed by atoms with Gasteiger partial charge in [-0.2, -0.15) is 0 Å². The van der Waals surface area contributed by atoms with Crippen LogP contribution < -0.4 is 4.74 Å². The first-order valence-corrected chi connectivity index (χ1v) is 6.90. The molecule has 3 nitrogen and oxygen atoms in total. The van der Waals surface area contributed by atoms with Crippen molar-refractivity contribution >= 4 is 39.2 Å². The Balaban J connectivity index is 2.59. The molecule has 2 aromatic rings. The minimum atomic E-state index is 0.132. The predicted octanol–water partition coefficient (Wildman–Crippen LogP) is 4.39. The second-order valence-electron chi connectivity index (χ2n) is 4.35. The average Bonchev–Trinajstić information content (AvgIpc) is 2.56. The van der Waals surface area contributed by atoms with Crippen LogP contribution >= 0.6 is 28.1 Å². The molecule has 0 unspecified atom stereocenters. The third kappa shape index (κ3) is 2.67. The Labute approximate surface area is 120 Å². The van der Waals surface area contributed by atoms with E-state index in [1.165, 1.54) is 0 Å². The van der Waals surface area contributed by atoms with Crippen LogP contribution in [0, 0.1) is 4.77 Å². The van der Waals surface area contributed by atoms with Crippen LogP contribution in [0.2, 0.25) is 0 Å². The van der Waals surface area contributed by atoms with Crippen molar-refractivity contribution in [3.63, 3.8) is 0 Å². The molecule has 0 saturated heterocycles. The summed E-state index contributed by atoms with van der Waals surface area (Å²) in [5, 5.41) is 0. The molecule has 1 heterocycles. The predicted molar refractivity (Wildman–Crippen MR) is 81.0 cm³/mol. The molecule has 0 spiro atoms. The van der Waals surface area contributed by atoms with Crippen molar-refractivity contribution in [2.75, 3.05) is 0 Å². The fraction of sp³-hybridized carbons (Fsp3) is 0.308. The number of aromatic amines is 1. The Kier molecular flexibility index (Phi) is 3.92. The fourth-order valence-corrected chi connectivity index (χ4v) is 2.35. The summed E-state index contributed by atoms with van der Waals surface area (Å²) in [6.45, 7) is 8.51. The number of fused-ring (bicyclic) bond motifs is 1. The van der Waals surface area contributed by atoms with Gasteiger partial charge in [-0.25, -0.2) is 0 Å². The van der Waals surface area contributed by atoms with E-state index < -0.39 is 0 Å². The van der Waals surface area contributed by atoms with Crippen LogP contribution in [0.15, 0.2) is 29.3 Å². The number of para-hydroxylation sites is 1. The molecule has 0 aliphatic carbocycles.